The molecule has 0 aliphatic carbocycles. The number of benzene rings is 1. The van der Waals surface area contributed by atoms with Crippen molar-refractivity contribution < 1.29 is 4.79 Å². The molecule has 88 valence electrons. The maximum atomic E-state index is 11.6. The van der Waals surface area contributed by atoms with Crippen molar-refractivity contribution in [2.75, 3.05) is 7.05 Å². The zero-order chi connectivity index (χ0) is 12.1. The van der Waals surface area contributed by atoms with Gasteiger partial charge in [-0.25, -0.2) is 0 Å². The highest BCUT2D eigenvalue weighted by atomic mass is 16.2. The predicted molar refractivity (Wildman–Crippen MR) is 65.9 cm³/mol. The van der Waals surface area contributed by atoms with E-state index < -0.39 is 6.04 Å². The molecule has 0 radical (unpaired) electrons. The Kier molecular flexibility index (Phi) is 4.50. The molecule has 0 heterocycles. The number of nitrogens with two attached hydrogens (primary N) is 1. The van der Waals surface area contributed by atoms with Crippen LogP contribution in [0.5, 0.6) is 0 Å². The third kappa shape index (κ3) is 3.35. The van der Waals surface area contributed by atoms with E-state index in [1.807, 2.05) is 0 Å². The van der Waals surface area contributed by atoms with Crippen LogP contribution in [0, 0.1) is 0 Å². The Morgan fingerprint density at radius 3 is 2.25 bits per heavy atom. The molecule has 0 aliphatic heterocycles. The quantitative estimate of drug-likeness (QED) is 0.837. The Morgan fingerprint density at radius 1 is 1.31 bits per heavy atom. The molecule has 0 bridgehead atoms. The molecule has 0 unspecified atom stereocenters. The van der Waals surface area contributed by atoms with Gasteiger partial charge < -0.3 is 10.6 Å². The standard InChI is InChI=1S/C13H20N2O/c1-4-11-5-7-12(8-6-11)9-15(3)13(16)10(2)14/h5-8,10H,4,9,14H2,1-3H3/t10-/m1/s1. The van der Waals surface area contributed by atoms with Crippen molar-refractivity contribution in [2.24, 2.45) is 5.73 Å². The van der Waals surface area contributed by atoms with Gasteiger partial charge in [-0.1, -0.05) is 31.2 Å². The van der Waals surface area contributed by atoms with Crippen molar-refractivity contribution in [1.82, 2.24) is 4.90 Å². The van der Waals surface area contributed by atoms with Crippen LogP contribution < -0.4 is 5.73 Å². The van der Waals surface area contributed by atoms with Crippen LogP contribution in [0.1, 0.15) is 25.0 Å². The van der Waals surface area contributed by atoms with E-state index in [-0.39, 0.29) is 5.91 Å². The molecule has 16 heavy (non-hydrogen) atoms. The maximum absolute atomic E-state index is 11.6. The molecule has 0 saturated carbocycles. The van der Waals surface area contributed by atoms with Crippen molar-refractivity contribution in [3.63, 3.8) is 0 Å². The number of rotatable bonds is 4. The van der Waals surface area contributed by atoms with Crippen LogP contribution in [0.25, 0.3) is 0 Å². The second kappa shape index (κ2) is 5.66. The summed E-state index contributed by atoms with van der Waals surface area (Å²) in [5.41, 5.74) is 7.99. The Hall–Kier alpha value is -1.35. The van der Waals surface area contributed by atoms with Gasteiger partial charge in [0, 0.05) is 13.6 Å². The van der Waals surface area contributed by atoms with Crippen molar-refractivity contribution in [3.8, 4) is 0 Å². The molecule has 1 amide bonds. The number of nitrogens with zero attached hydrogens (tertiary/aromatic N) is 1. The second-order valence-electron chi connectivity index (χ2n) is 4.15. The molecule has 1 aromatic carbocycles. The Balaban J connectivity index is 2.62. The first-order chi connectivity index (χ1) is 7.54. The third-order valence-electron chi connectivity index (χ3n) is 2.62. The topological polar surface area (TPSA) is 46.3 Å². The van der Waals surface area contributed by atoms with Crippen molar-refractivity contribution in [1.29, 1.82) is 0 Å². The molecular formula is C13H20N2O. The van der Waals surface area contributed by atoms with E-state index >= 15 is 0 Å². The minimum Gasteiger partial charge on any atom is -0.340 e. The van der Waals surface area contributed by atoms with Crippen LogP contribution in [-0.2, 0) is 17.8 Å². The van der Waals surface area contributed by atoms with Crippen molar-refractivity contribution in [2.45, 2.75) is 32.9 Å². The summed E-state index contributed by atoms with van der Waals surface area (Å²) >= 11 is 0. The van der Waals surface area contributed by atoms with Gasteiger partial charge in [-0.05, 0) is 24.5 Å². The van der Waals surface area contributed by atoms with Gasteiger partial charge in [-0.15, -0.1) is 0 Å². The van der Waals surface area contributed by atoms with Crippen LogP contribution in [0.15, 0.2) is 24.3 Å². The van der Waals surface area contributed by atoms with Gasteiger partial charge >= 0.3 is 0 Å². The highest BCUT2D eigenvalue weighted by Crippen LogP contribution is 2.07. The number of likely N-dealkylation sites (N-methyl/N-ethyl adjacent to an activating group) is 1. The molecule has 3 nitrogen and oxygen atoms in total. The first-order valence-electron chi connectivity index (χ1n) is 5.63. The normalized spacial score (nSPS) is 12.2. The summed E-state index contributed by atoms with van der Waals surface area (Å²) in [4.78, 5) is 13.2. The lowest BCUT2D eigenvalue weighted by Crippen LogP contribution is -2.39. The molecule has 0 aliphatic rings. The van der Waals surface area contributed by atoms with Crippen molar-refractivity contribution >= 4 is 5.91 Å². The van der Waals surface area contributed by atoms with Crippen molar-refractivity contribution in [3.05, 3.63) is 35.4 Å². The molecule has 0 spiro atoms. The lowest BCUT2D eigenvalue weighted by molar-refractivity contribution is -0.131. The summed E-state index contributed by atoms with van der Waals surface area (Å²) < 4.78 is 0. The zero-order valence-corrected chi connectivity index (χ0v) is 10.2. The first kappa shape index (κ1) is 12.7. The zero-order valence-electron chi connectivity index (χ0n) is 10.2. The van der Waals surface area contributed by atoms with E-state index in [9.17, 15) is 4.79 Å². The van der Waals surface area contributed by atoms with Gasteiger partial charge in [0.2, 0.25) is 5.91 Å². The fourth-order valence-electron chi connectivity index (χ4n) is 1.58. The van der Waals surface area contributed by atoms with Crippen LogP contribution in [0.3, 0.4) is 0 Å². The first-order valence-corrected chi connectivity index (χ1v) is 5.63. The highest BCUT2D eigenvalue weighted by Gasteiger charge is 2.13. The number of carbonyl (C=O) groups is 1. The van der Waals surface area contributed by atoms with Gasteiger partial charge in [0.1, 0.15) is 0 Å². The largest absolute Gasteiger partial charge is 0.340 e. The molecule has 0 fully saturated rings. The fraction of sp³-hybridized carbons (Fsp3) is 0.462. The Bertz CT molecular complexity index is 343. The third-order valence-corrected chi connectivity index (χ3v) is 2.62. The molecule has 1 rings (SSSR count). The molecule has 1 aromatic rings. The molecular weight excluding hydrogens is 200 g/mol. The number of carbonyl (C=O) groups excluding carboxylic acids is 1. The SMILES string of the molecule is CCc1ccc(CN(C)C(=O)[C@@H](C)N)cc1. The minimum atomic E-state index is -0.431. The van der Waals surface area contributed by atoms with Crippen LogP contribution in [-0.4, -0.2) is 23.9 Å². The number of amides is 1. The van der Waals surface area contributed by atoms with E-state index in [1.165, 1.54) is 5.56 Å². The van der Waals surface area contributed by atoms with Gasteiger partial charge in [-0.3, -0.25) is 4.79 Å². The van der Waals surface area contributed by atoms with E-state index in [2.05, 4.69) is 31.2 Å². The maximum Gasteiger partial charge on any atom is 0.239 e. The summed E-state index contributed by atoms with van der Waals surface area (Å²) in [6.07, 6.45) is 1.04. The van der Waals surface area contributed by atoms with Crippen LogP contribution in [0.2, 0.25) is 0 Å². The van der Waals surface area contributed by atoms with E-state index in [4.69, 9.17) is 5.73 Å². The van der Waals surface area contributed by atoms with Gasteiger partial charge in [0.25, 0.3) is 0 Å². The average molecular weight is 220 g/mol. The molecule has 2 N–H and O–H groups in total. The smallest absolute Gasteiger partial charge is 0.239 e. The number of hydrogen-bond donors (Lipinski definition) is 1. The Morgan fingerprint density at radius 2 is 1.81 bits per heavy atom. The number of aryl methyl sites for hydroxylation is 1. The molecule has 0 saturated heterocycles. The predicted octanol–water partition coefficient (Wildman–Crippen LogP) is 1.55. The van der Waals surface area contributed by atoms with Crippen LogP contribution in [0.4, 0.5) is 0 Å². The summed E-state index contributed by atoms with van der Waals surface area (Å²) in [5, 5.41) is 0. The fourth-order valence-corrected chi connectivity index (χ4v) is 1.58. The minimum absolute atomic E-state index is 0.0282. The average Bonchev–Trinajstić information content (AvgIpc) is 2.28. The van der Waals surface area contributed by atoms with Crippen LogP contribution >= 0.6 is 0 Å². The molecule has 0 aromatic heterocycles. The van der Waals surface area contributed by atoms with E-state index in [0.717, 1.165) is 12.0 Å². The van der Waals surface area contributed by atoms with Gasteiger partial charge in [0.15, 0.2) is 0 Å². The lowest BCUT2D eigenvalue weighted by Gasteiger charge is -2.19. The monoisotopic (exact) mass is 220 g/mol. The molecule has 3 heteroatoms. The summed E-state index contributed by atoms with van der Waals surface area (Å²) in [7, 11) is 1.78. The summed E-state index contributed by atoms with van der Waals surface area (Å²) in [6, 6.07) is 7.88. The highest BCUT2D eigenvalue weighted by molar-refractivity contribution is 5.80. The summed E-state index contributed by atoms with van der Waals surface area (Å²) in [6.45, 7) is 4.45. The van der Waals surface area contributed by atoms with E-state index in [1.54, 1.807) is 18.9 Å². The number of hydrogen-bond acceptors (Lipinski definition) is 2. The second-order valence-corrected chi connectivity index (χ2v) is 4.15. The molecule has 1 atom stereocenters. The summed E-state index contributed by atoms with van der Waals surface area (Å²) in [5.74, 6) is -0.0282. The van der Waals surface area contributed by atoms with Gasteiger partial charge in [0.05, 0.1) is 6.04 Å². The Labute approximate surface area is 97.2 Å². The van der Waals surface area contributed by atoms with E-state index in [0.29, 0.717) is 6.54 Å². The lowest BCUT2D eigenvalue weighted by atomic mass is 10.1. The van der Waals surface area contributed by atoms with Gasteiger partial charge in [-0.2, -0.15) is 0 Å².